The number of carboxylic acid groups (broad SMARTS) is 1. The van der Waals surface area contributed by atoms with Crippen molar-refractivity contribution in [2.45, 2.75) is 5.03 Å². The molecule has 2 rings (SSSR count). The van der Waals surface area contributed by atoms with Crippen LogP contribution >= 0.6 is 11.8 Å². The summed E-state index contributed by atoms with van der Waals surface area (Å²) in [6, 6.07) is 1.41. The molecule has 0 unspecified atom stereocenters. The van der Waals surface area contributed by atoms with Gasteiger partial charge >= 0.3 is 5.97 Å². The number of rotatable bonds is 1. The van der Waals surface area contributed by atoms with Gasteiger partial charge < -0.3 is 10.4 Å². The highest BCUT2D eigenvalue weighted by Gasteiger charge is 2.18. The van der Waals surface area contributed by atoms with Gasteiger partial charge in [0.2, 0.25) is 5.91 Å². The number of aromatic nitrogens is 1. The van der Waals surface area contributed by atoms with Crippen molar-refractivity contribution in [3.8, 4) is 0 Å². The van der Waals surface area contributed by atoms with Gasteiger partial charge in [-0.05, 0) is 6.07 Å². The molecular formula is C8H6N2O3S. The number of nitrogens with one attached hydrogen (secondary N) is 1. The van der Waals surface area contributed by atoms with Gasteiger partial charge in [0.1, 0.15) is 5.03 Å². The monoisotopic (exact) mass is 210 g/mol. The first kappa shape index (κ1) is 9.01. The van der Waals surface area contributed by atoms with E-state index in [-0.39, 0.29) is 11.5 Å². The van der Waals surface area contributed by atoms with E-state index in [1.165, 1.54) is 24.0 Å². The summed E-state index contributed by atoms with van der Waals surface area (Å²) in [6.07, 6.45) is 1.28. The van der Waals surface area contributed by atoms with E-state index >= 15 is 0 Å². The van der Waals surface area contributed by atoms with Gasteiger partial charge in [-0.25, -0.2) is 9.78 Å². The molecule has 1 aromatic rings. The van der Waals surface area contributed by atoms with Gasteiger partial charge in [0.15, 0.2) is 0 Å². The van der Waals surface area contributed by atoms with E-state index in [0.717, 1.165) is 0 Å². The molecule has 0 radical (unpaired) electrons. The lowest BCUT2D eigenvalue weighted by molar-refractivity contribution is -0.113. The standard InChI is InChI=1S/C8H6N2O3S/c11-6-3-14-7-5(10-6)1-4(2-9-7)8(12)13/h1-2H,3H2,(H,10,11)(H,12,13). The highest BCUT2D eigenvalue weighted by atomic mass is 32.2. The minimum atomic E-state index is -1.05. The molecule has 0 aromatic carbocycles. The highest BCUT2D eigenvalue weighted by molar-refractivity contribution is 8.00. The fraction of sp³-hybridized carbons (Fsp3) is 0.125. The molecule has 72 valence electrons. The quantitative estimate of drug-likeness (QED) is 0.717. The molecule has 0 spiro atoms. The summed E-state index contributed by atoms with van der Waals surface area (Å²) in [5.41, 5.74) is 0.553. The molecule has 0 atom stereocenters. The first-order valence-electron chi connectivity index (χ1n) is 3.83. The SMILES string of the molecule is O=C1CSc2ncc(C(=O)O)cc2N1. The lowest BCUT2D eigenvalue weighted by atomic mass is 10.2. The van der Waals surface area contributed by atoms with Crippen LogP contribution < -0.4 is 5.32 Å². The van der Waals surface area contributed by atoms with E-state index in [9.17, 15) is 9.59 Å². The number of fused-ring (bicyclic) bond motifs is 1. The third-order valence-electron chi connectivity index (χ3n) is 1.71. The molecule has 1 amide bonds. The summed E-state index contributed by atoms with van der Waals surface area (Å²) in [5, 5.41) is 11.9. The molecule has 1 aliphatic rings. The van der Waals surface area contributed by atoms with Gasteiger partial charge in [-0.15, -0.1) is 0 Å². The molecule has 0 saturated heterocycles. The van der Waals surface area contributed by atoms with Gasteiger partial charge in [-0.3, -0.25) is 4.79 Å². The maximum absolute atomic E-state index is 11.0. The minimum absolute atomic E-state index is 0.0755. The van der Waals surface area contributed by atoms with Gasteiger partial charge in [-0.1, -0.05) is 11.8 Å². The molecule has 1 aromatic heterocycles. The smallest absolute Gasteiger partial charge is 0.337 e. The Balaban J connectivity index is 2.42. The van der Waals surface area contributed by atoms with Crippen LogP contribution in [0.1, 0.15) is 10.4 Å². The first-order valence-corrected chi connectivity index (χ1v) is 4.81. The average molecular weight is 210 g/mol. The summed E-state index contributed by atoms with van der Waals surface area (Å²) < 4.78 is 0. The topological polar surface area (TPSA) is 79.3 Å². The van der Waals surface area contributed by atoms with E-state index in [0.29, 0.717) is 16.5 Å². The third-order valence-corrected chi connectivity index (χ3v) is 2.72. The Bertz CT molecular complexity index is 419. The van der Waals surface area contributed by atoms with Crippen molar-refractivity contribution in [3.05, 3.63) is 17.8 Å². The van der Waals surface area contributed by atoms with Crippen LogP contribution in [0.3, 0.4) is 0 Å². The molecule has 2 heterocycles. The predicted molar refractivity (Wildman–Crippen MR) is 50.6 cm³/mol. The van der Waals surface area contributed by atoms with E-state index in [2.05, 4.69) is 10.3 Å². The second-order valence-corrected chi connectivity index (χ2v) is 3.68. The second kappa shape index (κ2) is 3.30. The van der Waals surface area contributed by atoms with Crippen LogP contribution in [0, 0.1) is 0 Å². The van der Waals surface area contributed by atoms with Crippen molar-refractivity contribution in [2.75, 3.05) is 11.1 Å². The summed E-state index contributed by atoms with van der Waals surface area (Å²) in [4.78, 5) is 25.6. The number of hydrogen-bond acceptors (Lipinski definition) is 4. The van der Waals surface area contributed by atoms with Crippen LogP contribution in [0.4, 0.5) is 5.69 Å². The highest BCUT2D eigenvalue weighted by Crippen LogP contribution is 2.29. The van der Waals surface area contributed by atoms with Crippen molar-refractivity contribution in [1.29, 1.82) is 0 Å². The van der Waals surface area contributed by atoms with E-state index in [4.69, 9.17) is 5.11 Å². The number of thioether (sulfide) groups is 1. The zero-order valence-corrected chi connectivity index (χ0v) is 7.80. The third kappa shape index (κ3) is 1.56. The normalized spacial score (nSPS) is 14.4. The van der Waals surface area contributed by atoms with Crippen LogP contribution in [0.5, 0.6) is 0 Å². The number of aromatic carboxylic acids is 1. The largest absolute Gasteiger partial charge is 0.478 e. The Labute approximate surface area is 83.5 Å². The molecule has 14 heavy (non-hydrogen) atoms. The van der Waals surface area contributed by atoms with Crippen LogP contribution in [0.2, 0.25) is 0 Å². The van der Waals surface area contributed by atoms with Crippen molar-refractivity contribution in [2.24, 2.45) is 0 Å². The molecule has 0 bridgehead atoms. The number of carbonyl (C=O) groups excluding carboxylic acids is 1. The molecule has 2 N–H and O–H groups in total. The van der Waals surface area contributed by atoms with E-state index < -0.39 is 5.97 Å². The Morgan fingerprint density at radius 1 is 1.64 bits per heavy atom. The maximum atomic E-state index is 11.0. The number of nitrogens with zero attached hydrogens (tertiary/aromatic N) is 1. The first-order chi connectivity index (χ1) is 6.66. The number of hydrogen-bond donors (Lipinski definition) is 2. The lowest BCUT2D eigenvalue weighted by Gasteiger charge is -2.14. The van der Waals surface area contributed by atoms with E-state index in [1.54, 1.807) is 0 Å². The number of carboxylic acids is 1. The second-order valence-electron chi connectivity index (χ2n) is 2.72. The van der Waals surface area contributed by atoms with Crippen molar-refractivity contribution >= 4 is 29.3 Å². The van der Waals surface area contributed by atoms with Gasteiger partial charge in [-0.2, -0.15) is 0 Å². The van der Waals surface area contributed by atoms with Gasteiger partial charge in [0, 0.05) is 6.20 Å². The van der Waals surface area contributed by atoms with E-state index in [1.807, 2.05) is 0 Å². The number of carbonyl (C=O) groups is 2. The van der Waals surface area contributed by atoms with Crippen LogP contribution in [0.15, 0.2) is 17.3 Å². The summed E-state index contributed by atoms with van der Waals surface area (Å²) >= 11 is 1.30. The molecular weight excluding hydrogens is 204 g/mol. The zero-order chi connectivity index (χ0) is 10.1. The fourth-order valence-electron chi connectivity index (χ4n) is 1.09. The van der Waals surface area contributed by atoms with Crippen LogP contribution in [0.25, 0.3) is 0 Å². The lowest BCUT2D eigenvalue weighted by Crippen LogP contribution is -2.19. The number of anilines is 1. The summed E-state index contributed by atoms with van der Waals surface area (Å²) in [6.45, 7) is 0. The Morgan fingerprint density at radius 3 is 3.14 bits per heavy atom. The van der Waals surface area contributed by atoms with Gasteiger partial charge in [0.05, 0.1) is 17.0 Å². The summed E-state index contributed by atoms with van der Waals surface area (Å²) in [5.74, 6) is -0.858. The Kier molecular flexibility index (Phi) is 2.12. The zero-order valence-electron chi connectivity index (χ0n) is 6.98. The van der Waals surface area contributed by atoms with Gasteiger partial charge in [0.25, 0.3) is 0 Å². The molecule has 6 heteroatoms. The van der Waals surface area contributed by atoms with Crippen LogP contribution in [-0.2, 0) is 4.79 Å². The molecule has 0 saturated carbocycles. The van der Waals surface area contributed by atoms with Crippen molar-refractivity contribution in [3.63, 3.8) is 0 Å². The molecule has 0 aliphatic carbocycles. The van der Waals surface area contributed by atoms with Crippen LogP contribution in [-0.4, -0.2) is 27.7 Å². The number of pyridine rings is 1. The molecule has 1 aliphatic heterocycles. The van der Waals surface area contributed by atoms with Crippen molar-refractivity contribution in [1.82, 2.24) is 4.98 Å². The Hall–Kier alpha value is -1.56. The predicted octanol–water partition coefficient (Wildman–Crippen LogP) is 0.824. The summed E-state index contributed by atoms with van der Waals surface area (Å²) in [7, 11) is 0. The number of amides is 1. The molecule has 0 fully saturated rings. The molecule has 5 nitrogen and oxygen atoms in total. The Morgan fingerprint density at radius 2 is 2.43 bits per heavy atom. The maximum Gasteiger partial charge on any atom is 0.337 e. The fourth-order valence-corrected chi connectivity index (χ4v) is 1.83. The van der Waals surface area contributed by atoms with Crippen molar-refractivity contribution < 1.29 is 14.7 Å². The minimum Gasteiger partial charge on any atom is -0.478 e. The average Bonchev–Trinajstić information content (AvgIpc) is 2.16.